The average Bonchev–Trinajstić information content (AvgIpc) is 2.25. The van der Waals surface area contributed by atoms with E-state index in [4.69, 9.17) is 0 Å². The minimum atomic E-state index is -0.405. The molecule has 0 heterocycles. The fraction of sp³-hybridized carbons (Fsp3) is 0.571. The Kier molecular flexibility index (Phi) is 4.81. The highest BCUT2D eigenvalue weighted by molar-refractivity contribution is 5.54. The maximum atomic E-state index is 9.76. The van der Waals surface area contributed by atoms with Crippen LogP contribution in [0.5, 0.6) is 0 Å². The van der Waals surface area contributed by atoms with Gasteiger partial charge >= 0.3 is 0 Å². The number of hydrogen-bond acceptors (Lipinski definition) is 2. The summed E-state index contributed by atoms with van der Waals surface area (Å²) in [6.45, 7) is 10.4. The largest absolute Gasteiger partial charge is 0.389 e. The molecule has 1 atom stereocenters. The minimum absolute atomic E-state index is 0.405. The first-order valence-electron chi connectivity index (χ1n) is 6.08. The van der Waals surface area contributed by atoms with Gasteiger partial charge in [-0.3, -0.25) is 0 Å². The van der Waals surface area contributed by atoms with Crippen LogP contribution in [0.2, 0.25) is 0 Å². The van der Waals surface area contributed by atoms with Gasteiger partial charge in [0.1, 0.15) is 0 Å². The molecule has 0 fully saturated rings. The number of nitrogens with zero attached hydrogens (tertiary/aromatic N) is 1. The molecule has 1 unspecified atom stereocenters. The molecule has 16 heavy (non-hydrogen) atoms. The van der Waals surface area contributed by atoms with E-state index in [0.717, 1.165) is 24.3 Å². The summed E-state index contributed by atoms with van der Waals surface area (Å²) in [4.78, 5) is 2.33. The Balaban J connectivity index is 2.99. The lowest BCUT2D eigenvalue weighted by Crippen LogP contribution is -2.28. The molecule has 0 radical (unpaired) electrons. The van der Waals surface area contributed by atoms with Crippen molar-refractivity contribution in [1.29, 1.82) is 0 Å². The maximum Gasteiger partial charge on any atom is 0.0781 e. The molecule has 0 aromatic heterocycles. The SMILES string of the molecule is CCN(CC(C)C)c1ccccc1C(C)O. The number of hydrogen-bond donors (Lipinski definition) is 1. The average molecular weight is 221 g/mol. The predicted octanol–water partition coefficient (Wildman–Crippen LogP) is 3.22. The quantitative estimate of drug-likeness (QED) is 0.825. The van der Waals surface area contributed by atoms with Crippen molar-refractivity contribution >= 4 is 5.69 Å². The van der Waals surface area contributed by atoms with Crippen LogP contribution in [0, 0.1) is 5.92 Å². The summed E-state index contributed by atoms with van der Waals surface area (Å²) in [5.41, 5.74) is 2.18. The Bertz CT molecular complexity index is 320. The minimum Gasteiger partial charge on any atom is -0.389 e. The molecule has 0 bridgehead atoms. The van der Waals surface area contributed by atoms with Gasteiger partial charge in [0, 0.05) is 24.3 Å². The van der Waals surface area contributed by atoms with E-state index in [1.165, 1.54) is 0 Å². The Morgan fingerprint density at radius 2 is 1.81 bits per heavy atom. The summed E-state index contributed by atoms with van der Waals surface area (Å²) in [6.07, 6.45) is -0.405. The van der Waals surface area contributed by atoms with Crippen molar-refractivity contribution in [3.63, 3.8) is 0 Å². The second-order valence-corrected chi connectivity index (χ2v) is 4.67. The van der Waals surface area contributed by atoms with E-state index in [1.54, 1.807) is 0 Å². The van der Waals surface area contributed by atoms with Crippen LogP contribution in [-0.2, 0) is 0 Å². The van der Waals surface area contributed by atoms with E-state index < -0.39 is 6.10 Å². The van der Waals surface area contributed by atoms with Crippen LogP contribution < -0.4 is 4.90 Å². The van der Waals surface area contributed by atoms with Gasteiger partial charge in [-0.05, 0) is 25.8 Å². The predicted molar refractivity (Wildman–Crippen MR) is 69.8 cm³/mol. The van der Waals surface area contributed by atoms with Gasteiger partial charge in [-0.15, -0.1) is 0 Å². The van der Waals surface area contributed by atoms with Gasteiger partial charge in [0.2, 0.25) is 0 Å². The topological polar surface area (TPSA) is 23.5 Å². The first kappa shape index (κ1) is 13.0. The molecule has 2 heteroatoms. The number of aliphatic hydroxyl groups excluding tert-OH is 1. The van der Waals surface area contributed by atoms with E-state index >= 15 is 0 Å². The van der Waals surface area contributed by atoms with E-state index in [0.29, 0.717) is 5.92 Å². The first-order chi connectivity index (χ1) is 7.56. The van der Waals surface area contributed by atoms with Crippen molar-refractivity contribution in [3.8, 4) is 0 Å². The van der Waals surface area contributed by atoms with Crippen molar-refractivity contribution in [2.24, 2.45) is 5.92 Å². The zero-order valence-corrected chi connectivity index (χ0v) is 10.8. The standard InChI is InChI=1S/C14H23NO/c1-5-15(10-11(2)3)14-9-7-6-8-13(14)12(4)16/h6-9,11-12,16H,5,10H2,1-4H3. The molecule has 0 aliphatic rings. The van der Waals surface area contributed by atoms with E-state index in [-0.39, 0.29) is 0 Å². The zero-order chi connectivity index (χ0) is 12.1. The van der Waals surface area contributed by atoms with Gasteiger partial charge in [-0.2, -0.15) is 0 Å². The second kappa shape index (κ2) is 5.90. The van der Waals surface area contributed by atoms with Gasteiger partial charge in [0.05, 0.1) is 6.10 Å². The third-order valence-corrected chi connectivity index (χ3v) is 2.69. The van der Waals surface area contributed by atoms with Crippen LogP contribution >= 0.6 is 0 Å². The van der Waals surface area contributed by atoms with Crippen molar-refractivity contribution in [1.82, 2.24) is 0 Å². The second-order valence-electron chi connectivity index (χ2n) is 4.67. The summed E-state index contributed by atoms with van der Waals surface area (Å²) in [7, 11) is 0. The molecule has 2 nitrogen and oxygen atoms in total. The maximum absolute atomic E-state index is 9.76. The lowest BCUT2D eigenvalue weighted by Gasteiger charge is -2.28. The molecular formula is C14H23NO. The lowest BCUT2D eigenvalue weighted by atomic mass is 10.1. The third-order valence-electron chi connectivity index (χ3n) is 2.69. The summed E-state index contributed by atoms with van der Waals surface area (Å²) in [5.74, 6) is 0.627. The first-order valence-corrected chi connectivity index (χ1v) is 6.08. The summed E-state index contributed by atoms with van der Waals surface area (Å²) in [5, 5.41) is 9.76. The highest BCUT2D eigenvalue weighted by Gasteiger charge is 2.13. The van der Waals surface area contributed by atoms with Crippen LogP contribution in [0.25, 0.3) is 0 Å². The highest BCUT2D eigenvalue weighted by atomic mass is 16.3. The molecule has 1 aromatic rings. The summed E-state index contributed by atoms with van der Waals surface area (Å²) in [6, 6.07) is 8.11. The van der Waals surface area contributed by atoms with E-state index in [1.807, 2.05) is 25.1 Å². The van der Waals surface area contributed by atoms with Crippen LogP contribution in [-0.4, -0.2) is 18.2 Å². The molecular weight excluding hydrogens is 198 g/mol. The van der Waals surface area contributed by atoms with Crippen LogP contribution in [0.1, 0.15) is 39.4 Å². The Labute approximate surface area is 98.9 Å². The van der Waals surface area contributed by atoms with E-state index in [2.05, 4.69) is 31.7 Å². The van der Waals surface area contributed by atoms with Crippen molar-refractivity contribution in [2.75, 3.05) is 18.0 Å². The third kappa shape index (κ3) is 3.24. The highest BCUT2D eigenvalue weighted by Crippen LogP contribution is 2.26. The number of anilines is 1. The van der Waals surface area contributed by atoms with Crippen LogP contribution in [0.15, 0.2) is 24.3 Å². The molecule has 0 saturated heterocycles. The van der Waals surface area contributed by atoms with Gasteiger partial charge in [0.15, 0.2) is 0 Å². The summed E-state index contributed by atoms with van der Waals surface area (Å²) < 4.78 is 0. The fourth-order valence-electron chi connectivity index (χ4n) is 1.97. The Morgan fingerprint density at radius 1 is 1.19 bits per heavy atom. The van der Waals surface area contributed by atoms with Gasteiger partial charge in [-0.1, -0.05) is 32.0 Å². The summed E-state index contributed by atoms with van der Waals surface area (Å²) >= 11 is 0. The molecule has 0 saturated carbocycles. The van der Waals surface area contributed by atoms with Gasteiger partial charge < -0.3 is 10.0 Å². The molecule has 1 N–H and O–H groups in total. The monoisotopic (exact) mass is 221 g/mol. The normalized spacial score (nSPS) is 12.9. The molecule has 0 amide bonds. The number of para-hydroxylation sites is 1. The van der Waals surface area contributed by atoms with Crippen LogP contribution in [0.3, 0.4) is 0 Å². The Morgan fingerprint density at radius 3 is 2.31 bits per heavy atom. The smallest absolute Gasteiger partial charge is 0.0781 e. The van der Waals surface area contributed by atoms with Crippen LogP contribution in [0.4, 0.5) is 5.69 Å². The fourth-order valence-corrected chi connectivity index (χ4v) is 1.97. The van der Waals surface area contributed by atoms with Gasteiger partial charge in [-0.25, -0.2) is 0 Å². The zero-order valence-electron chi connectivity index (χ0n) is 10.8. The van der Waals surface area contributed by atoms with Crippen molar-refractivity contribution in [3.05, 3.63) is 29.8 Å². The molecule has 0 aliphatic carbocycles. The Hall–Kier alpha value is -1.02. The van der Waals surface area contributed by atoms with Crippen molar-refractivity contribution < 1.29 is 5.11 Å². The molecule has 90 valence electrons. The van der Waals surface area contributed by atoms with E-state index in [9.17, 15) is 5.11 Å². The molecule has 1 rings (SSSR count). The lowest BCUT2D eigenvalue weighted by molar-refractivity contribution is 0.199. The molecule has 0 aliphatic heterocycles. The number of rotatable bonds is 5. The molecule has 0 spiro atoms. The number of aliphatic hydroxyl groups is 1. The van der Waals surface area contributed by atoms with Gasteiger partial charge in [0.25, 0.3) is 0 Å². The number of benzene rings is 1. The molecule has 1 aromatic carbocycles. The van der Waals surface area contributed by atoms with Crippen molar-refractivity contribution in [2.45, 2.75) is 33.8 Å².